The van der Waals surface area contributed by atoms with Crippen molar-refractivity contribution in [3.8, 4) is 0 Å². The molecule has 0 fully saturated rings. The predicted octanol–water partition coefficient (Wildman–Crippen LogP) is 0.260. The Morgan fingerprint density at radius 1 is 0.818 bits per heavy atom. The fourth-order valence-corrected chi connectivity index (χ4v) is 0. The molecule has 0 aromatic rings. The molecule has 0 aliphatic heterocycles. The van der Waals surface area contributed by atoms with Crippen LogP contribution in [0.2, 0.25) is 0 Å². The zero-order valence-corrected chi connectivity index (χ0v) is 9.53. The van der Waals surface area contributed by atoms with Crippen molar-refractivity contribution in [2.75, 3.05) is 13.2 Å². The Labute approximate surface area is 92.0 Å². The average Bonchev–Trinajstić information content (AvgIpc) is 1.99. The van der Waals surface area contributed by atoms with E-state index in [2.05, 4.69) is 23.7 Å². The van der Waals surface area contributed by atoms with E-state index in [1.807, 2.05) is 0 Å². The molecule has 0 rings (SSSR count). The Hall–Kier alpha value is 1.13. The molecular weight excluding hydrogens is 231 g/mol. The minimum atomic E-state index is 0. The Morgan fingerprint density at radius 2 is 0.818 bits per heavy atom. The third-order valence-corrected chi connectivity index (χ3v) is 0. The Balaban J connectivity index is -0.0000000144. The molecule has 4 nitrogen and oxygen atoms in total. The zero-order valence-electron chi connectivity index (χ0n) is 6.46. The Kier molecular flexibility index (Phi) is 313. The van der Waals surface area contributed by atoms with Gasteiger partial charge in [0.05, 0.1) is 23.7 Å². The molecule has 0 atom stereocenters. The van der Waals surface area contributed by atoms with Crippen LogP contribution in [-0.4, -0.2) is 32.7 Å². The summed E-state index contributed by atoms with van der Waals surface area (Å²) in [6, 6.07) is 0. The minimum Gasteiger partial charge on any atom is -0.397 e. The largest absolute Gasteiger partial charge is 0.397 e. The van der Waals surface area contributed by atoms with Gasteiger partial charge in [-0.2, -0.15) is 0 Å². The quantitative estimate of drug-likeness (QED) is 0.461. The van der Waals surface area contributed by atoms with Crippen molar-refractivity contribution in [1.29, 1.82) is 0 Å². The molecule has 0 heterocycles. The van der Waals surface area contributed by atoms with Crippen molar-refractivity contribution in [3.63, 3.8) is 0 Å². The van der Waals surface area contributed by atoms with Gasteiger partial charge < -0.3 is 10.2 Å². The second-order valence-electron chi connectivity index (χ2n) is 0.632. The van der Waals surface area contributed by atoms with Crippen LogP contribution in [0.1, 0.15) is 13.8 Å². The summed E-state index contributed by atoms with van der Waals surface area (Å²) >= 11 is 7.28. The van der Waals surface area contributed by atoms with Gasteiger partial charge in [-0.3, -0.25) is 9.32 Å². The van der Waals surface area contributed by atoms with E-state index in [4.69, 9.17) is 19.5 Å². The minimum absolute atomic E-state index is 0. The standard InChI is InChI=1S/2C2H6O.2ClHO.Ti/c2*1-2-3;2*1-2;/h2*3H,2H2,1H3;2*2H;. The maximum atomic E-state index is 7.57. The van der Waals surface area contributed by atoms with Crippen molar-refractivity contribution in [3.05, 3.63) is 0 Å². The molecule has 0 amide bonds. The van der Waals surface area contributed by atoms with E-state index in [-0.39, 0.29) is 34.9 Å². The van der Waals surface area contributed by atoms with E-state index in [0.29, 0.717) is 0 Å². The Morgan fingerprint density at radius 3 is 0.818 bits per heavy atom. The van der Waals surface area contributed by atoms with Crippen LogP contribution in [-0.2, 0) is 21.7 Å². The summed E-state index contributed by atoms with van der Waals surface area (Å²) in [6.07, 6.45) is 0. The van der Waals surface area contributed by atoms with E-state index in [1.165, 1.54) is 0 Å². The van der Waals surface area contributed by atoms with Crippen LogP contribution in [0.3, 0.4) is 0 Å². The van der Waals surface area contributed by atoms with Crippen LogP contribution >= 0.6 is 23.7 Å². The van der Waals surface area contributed by atoms with E-state index in [1.54, 1.807) is 13.8 Å². The van der Waals surface area contributed by atoms with E-state index < -0.39 is 0 Å². The van der Waals surface area contributed by atoms with Crippen LogP contribution in [0.15, 0.2) is 0 Å². The first kappa shape index (κ1) is 29.6. The van der Waals surface area contributed by atoms with E-state index in [0.717, 1.165) is 0 Å². The summed E-state index contributed by atoms with van der Waals surface area (Å²) in [4.78, 5) is 0. The number of rotatable bonds is 0. The van der Waals surface area contributed by atoms with Gasteiger partial charge in [0.1, 0.15) is 0 Å². The van der Waals surface area contributed by atoms with Crippen LogP contribution < -0.4 is 0 Å². The Bertz CT molecular complexity index is 22.1. The summed E-state index contributed by atoms with van der Waals surface area (Å²) in [5, 5.41) is 15.1. The molecule has 0 saturated carbocycles. The van der Waals surface area contributed by atoms with Crippen LogP contribution in [0.4, 0.5) is 0 Å². The van der Waals surface area contributed by atoms with Crippen molar-refractivity contribution < 1.29 is 41.2 Å². The average molecular weight is 245 g/mol. The molecule has 0 radical (unpaired) electrons. The fraction of sp³-hybridized carbons (Fsp3) is 1.00. The fourth-order valence-electron chi connectivity index (χ4n) is 0. The van der Waals surface area contributed by atoms with E-state index >= 15 is 0 Å². The molecule has 0 aliphatic carbocycles. The van der Waals surface area contributed by atoms with E-state index in [9.17, 15) is 0 Å². The monoisotopic (exact) mass is 244 g/mol. The molecule has 7 heteroatoms. The van der Waals surface area contributed by atoms with Gasteiger partial charge in [-0.05, 0) is 13.8 Å². The molecule has 0 saturated heterocycles. The summed E-state index contributed by atoms with van der Waals surface area (Å²) in [7, 11) is 0. The summed E-state index contributed by atoms with van der Waals surface area (Å²) < 4.78 is 12.9. The number of hydrogen-bond acceptors (Lipinski definition) is 4. The van der Waals surface area contributed by atoms with Gasteiger partial charge in [-0.1, -0.05) is 0 Å². The number of hydrogen-bond donors (Lipinski definition) is 4. The third-order valence-electron chi connectivity index (χ3n) is 0. The van der Waals surface area contributed by atoms with Crippen molar-refractivity contribution in [2.24, 2.45) is 0 Å². The molecule has 0 aliphatic rings. The molecule has 0 aromatic heterocycles. The molecule has 0 aromatic carbocycles. The zero-order chi connectivity index (χ0) is 9.41. The van der Waals surface area contributed by atoms with Crippen LogP contribution in [0, 0.1) is 0 Å². The molecular formula is C4H14Cl2O4Ti. The molecule has 0 spiro atoms. The SMILES string of the molecule is CCO.CCO.OCl.OCl.[Ti]. The molecule has 0 bridgehead atoms. The topological polar surface area (TPSA) is 80.9 Å². The van der Waals surface area contributed by atoms with Crippen molar-refractivity contribution in [1.82, 2.24) is 0 Å². The van der Waals surface area contributed by atoms with Gasteiger partial charge in [0.2, 0.25) is 0 Å². The second-order valence-corrected chi connectivity index (χ2v) is 0.632. The van der Waals surface area contributed by atoms with Gasteiger partial charge in [0.25, 0.3) is 0 Å². The summed E-state index contributed by atoms with van der Waals surface area (Å²) in [5.74, 6) is 0. The van der Waals surface area contributed by atoms with Gasteiger partial charge in [0.15, 0.2) is 0 Å². The van der Waals surface area contributed by atoms with Gasteiger partial charge in [0, 0.05) is 34.9 Å². The maximum absolute atomic E-state index is 7.57. The number of aliphatic hydroxyl groups is 2. The van der Waals surface area contributed by atoms with Crippen LogP contribution in [0.5, 0.6) is 0 Å². The van der Waals surface area contributed by atoms with Crippen molar-refractivity contribution in [2.45, 2.75) is 13.8 Å². The van der Waals surface area contributed by atoms with Gasteiger partial charge in [-0.25, -0.2) is 0 Å². The number of halogens is 2. The molecule has 4 N–H and O–H groups in total. The normalized spacial score (nSPS) is 4.36. The van der Waals surface area contributed by atoms with Crippen LogP contribution in [0.25, 0.3) is 0 Å². The number of aliphatic hydroxyl groups excluding tert-OH is 2. The van der Waals surface area contributed by atoms with Gasteiger partial charge >= 0.3 is 0 Å². The second kappa shape index (κ2) is 116. The summed E-state index contributed by atoms with van der Waals surface area (Å²) in [5.41, 5.74) is 0. The first-order valence-electron chi connectivity index (χ1n) is 2.38. The predicted molar refractivity (Wildman–Crippen MR) is 41.7 cm³/mol. The van der Waals surface area contributed by atoms with Crippen molar-refractivity contribution >= 4 is 23.7 Å². The smallest absolute Gasteiger partial charge is 0.0579 e. The molecule has 11 heavy (non-hydrogen) atoms. The molecule has 72 valence electrons. The third kappa shape index (κ3) is 722. The molecule has 0 unspecified atom stereocenters. The first-order valence-corrected chi connectivity index (χ1v) is 3.06. The summed E-state index contributed by atoms with van der Waals surface area (Å²) in [6.45, 7) is 3.86. The van der Waals surface area contributed by atoms with Gasteiger partial charge in [-0.15, -0.1) is 0 Å². The first-order chi connectivity index (χ1) is 4.83. The maximum Gasteiger partial charge on any atom is 0.0579 e.